The predicted octanol–water partition coefficient (Wildman–Crippen LogP) is 4.33. The zero-order valence-corrected chi connectivity index (χ0v) is 17.3. The molecule has 0 radical (unpaired) electrons. The van der Waals surface area contributed by atoms with E-state index in [0.29, 0.717) is 6.42 Å². The zero-order valence-electron chi connectivity index (χ0n) is 17.3. The third kappa shape index (κ3) is 2.36. The molecule has 0 N–H and O–H groups in total. The predicted molar refractivity (Wildman–Crippen MR) is 109 cm³/mol. The van der Waals surface area contributed by atoms with Crippen molar-refractivity contribution in [1.82, 2.24) is 4.48 Å². The minimum Gasteiger partial charge on any atom is -0.469 e. The van der Waals surface area contributed by atoms with Crippen LogP contribution in [0, 0.1) is 13.8 Å². The lowest BCUT2D eigenvalue weighted by Crippen LogP contribution is -2.55. The first-order valence-corrected chi connectivity index (χ1v) is 9.88. The monoisotopic (exact) mass is 354 g/mol. The van der Waals surface area contributed by atoms with Gasteiger partial charge in [0.25, 0.3) is 0 Å². The molecule has 1 aromatic rings. The van der Waals surface area contributed by atoms with E-state index in [0.717, 1.165) is 24.6 Å². The fraction of sp³-hybridized carbons (Fsp3) is 0.524. The summed E-state index contributed by atoms with van der Waals surface area (Å²) in [5.74, 6) is -0.171. The van der Waals surface area contributed by atoms with Gasteiger partial charge in [0.05, 0.1) is 13.5 Å². The lowest BCUT2D eigenvalue weighted by Gasteiger charge is -2.41. The number of methoxy groups -OCH3 is 1. The molecular formula is C21H31BN2O2. The Balaban J connectivity index is 2.31. The molecule has 3 rings (SSSR count). The number of carbonyl (C=O) groups excluding carboxylic acids is 1. The SMILES string of the molecule is CCC1=C(C)C=[N+]2C1=Cc1c(C)c(CC(=O)OC)c(C)n1[B-]2(CC)CC. The zero-order chi connectivity index (χ0) is 19.2. The number of ether oxygens (including phenoxy) is 1. The molecule has 2 aliphatic heterocycles. The van der Waals surface area contributed by atoms with Crippen LogP contribution in [-0.4, -0.2) is 34.7 Å². The standard InChI is InChI=1S/C21H31BN2O2/c1-8-17-14(4)13-23-20(17)12-19-15(5)18(11-21(25)26-7)16(6)24(19)22(23,9-2)10-3/h12-13H,8-11H2,1-7H3. The van der Waals surface area contributed by atoms with Gasteiger partial charge in [-0.3, -0.25) is 4.79 Å². The van der Waals surface area contributed by atoms with Crippen molar-refractivity contribution < 1.29 is 14.0 Å². The smallest absolute Gasteiger partial charge is 0.378 e. The number of carbonyl (C=O) groups is 1. The van der Waals surface area contributed by atoms with E-state index in [1.807, 2.05) is 0 Å². The van der Waals surface area contributed by atoms with E-state index in [1.54, 1.807) is 0 Å². The third-order valence-corrected chi connectivity index (χ3v) is 6.77. The topological polar surface area (TPSA) is 34.2 Å². The van der Waals surface area contributed by atoms with Crippen molar-refractivity contribution in [1.29, 1.82) is 0 Å². The Labute approximate surface area is 157 Å². The lowest BCUT2D eigenvalue weighted by atomic mass is 9.40. The fourth-order valence-electron chi connectivity index (χ4n) is 5.24. The van der Waals surface area contributed by atoms with Gasteiger partial charge >= 0.3 is 12.4 Å². The highest BCUT2D eigenvalue weighted by Gasteiger charge is 2.47. The molecular weight excluding hydrogens is 323 g/mol. The molecule has 0 saturated heterocycles. The summed E-state index contributed by atoms with van der Waals surface area (Å²) in [4.78, 5) is 12.0. The van der Waals surface area contributed by atoms with Crippen molar-refractivity contribution in [2.75, 3.05) is 7.11 Å². The Kier molecular flexibility index (Phi) is 4.76. The third-order valence-electron chi connectivity index (χ3n) is 6.77. The Morgan fingerprint density at radius 2 is 1.85 bits per heavy atom. The number of hydrogen-bond acceptors (Lipinski definition) is 2. The number of fused-ring (bicyclic) bond motifs is 2. The van der Waals surface area contributed by atoms with Gasteiger partial charge in [-0.1, -0.05) is 33.4 Å². The highest BCUT2D eigenvalue weighted by Crippen LogP contribution is 2.41. The average molecular weight is 354 g/mol. The molecule has 3 heterocycles. The minimum absolute atomic E-state index is 0.171. The van der Waals surface area contributed by atoms with E-state index in [9.17, 15) is 4.79 Å². The molecule has 26 heavy (non-hydrogen) atoms. The van der Waals surface area contributed by atoms with Gasteiger partial charge in [0.1, 0.15) is 6.21 Å². The summed E-state index contributed by atoms with van der Waals surface area (Å²) < 4.78 is 10.0. The van der Waals surface area contributed by atoms with Crippen molar-refractivity contribution in [3.05, 3.63) is 39.4 Å². The van der Waals surface area contributed by atoms with E-state index >= 15 is 0 Å². The molecule has 140 valence electrons. The van der Waals surface area contributed by atoms with Crippen molar-refractivity contribution in [3.8, 4) is 0 Å². The maximum Gasteiger partial charge on any atom is 0.378 e. The molecule has 0 aliphatic carbocycles. The van der Waals surface area contributed by atoms with Crippen LogP contribution in [0.4, 0.5) is 0 Å². The van der Waals surface area contributed by atoms with Crippen molar-refractivity contribution in [3.63, 3.8) is 0 Å². The van der Waals surface area contributed by atoms with Crippen LogP contribution in [0.15, 0.2) is 16.8 Å². The van der Waals surface area contributed by atoms with Gasteiger partial charge in [0, 0.05) is 22.9 Å². The van der Waals surface area contributed by atoms with Gasteiger partial charge in [0.15, 0.2) is 5.70 Å². The molecule has 0 unspecified atom stereocenters. The van der Waals surface area contributed by atoms with Gasteiger partial charge in [-0.05, 0) is 44.0 Å². The van der Waals surface area contributed by atoms with Gasteiger partial charge in [-0.25, -0.2) is 0 Å². The van der Waals surface area contributed by atoms with Crippen molar-refractivity contribution >= 4 is 24.7 Å². The second kappa shape index (κ2) is 6.60. The van der Waals surface area contributed by atoms with Crippen LogP contribution in [0.3, 0.4) is 0 Å². The van der Waals surface area contributed by atoms with Crippen molar-refractivity contribution in [2.24, 2.45) is 0 Å². The second-order valence-corrected chi connectivity index (χ2v) is 7.73. The number of hydrogen-bond donors (Lipinski definition) is 0. The van der Waals surface area contributed by atoms with Crippen molar-refractivity contribution in [2.45, 2.75) is 67.0 Å². The van der Waals surface area contributed by atoms with Crippen LogP contribution in [0.1, 0.15) is 56.6 Å². The van der Waals surface area contributed by atoms with Crippen LogP contribution >= 0.6 is 0 Å². The molecule has 5 heteroatoms. The van der Waals surface area contributed by atoms with Gasteiger partial charge in [0.2, 0.25) is 0 Å². The highest BCUT2D eigenvalue weighted by molar-refractivity contribution is 6.72. The molecule has 0 fully saturated rings. The molecule has 2 aliphatic rings. The summed E-state index contributed by atoms with van der Waals surface area (Å²) in [6.45, 7) is 13.3. The van der Waals surface area contributed by atoms with Crippen LogP contribution in [0.5, 0.6) is 0 Å². The molecule has 0 amide bonds. The summed E-state index contributed by atoms with van der Waals surface area (Å²) >= 11 is 0. The van der Waals surface area contributed by atoms with E-state index in [1.165, 1.54) is 40.9 Å². The number of aromatic nitrogens is 1. The highest BCUT2D eigenvalue weighted by atomic mass is 16.5. The van der Waals surface area contributed by atoms with Crippen LogP contribution in [0.2, 0.25) is 12.6 Å². The van der Waals surface area contributed by atoms with Gasteiger partial charge < -0.3 is 13.7 Å². The molecule has 0 bridgehead atoms. The number of esters is 1. The Bertz CT molecular complexity index is 867. The first-order chi connectivity index (χ1) is 12.4. The summed E-state index contributed by atoms with van der Waals surface area (Å²) in [6.07, 6.45) is 7.23. The van der Waals surface area contributed by atoms with Gasteiger partial charge in [-0.2, -0.15) is 0 Å². The van der Waals surface area contributed by atoms with Crippen LogP contribution in [-0.2, 0) is 16.0 Å². The molecule has 0 atom stereocenters. The molecule has 0 spiro atoms. The Hall–Kier alpha value is -2.04. The summed E-state index contributed by atoms with van der Waals surface area (Å²) in [5, 5.41) is 0. The number of nitrogens with zero attached hydrogens (tertiary/aromatic N) is 2. The van der Waals surface area contributed by atoms with E-state index in [2.05, 4.69) is 62.8 Å². The first-order valence-electron chi connectivity index (χ1n) is 9.88. The lowest BCUT2D eigenvalue weighted by molar-refractivity contribution is -0.332. The fourth-order valence-corrected chi connectivity index (χ4v) is 5.24. The summed E-state index contributed by atoms with van der Waals surface area (Å²) in [7, 11) is 1.46. The second-order valence-electron chi connectivity index (χ2n) is 7.73. The average Bonchev–Trinajstić information content (AvgIpc) is 3.09. The van der Waals surface area contributed by atoms with E-state index < -0.39 is 6.42 Å². The van der Waals surface area contributed by atoms with Gasteiger partial charge in [-0.15, -0.1) is 0 Å². The first kappa shape index (κ1) is 18.7. The summed E-state index contributed by atoms with van der Waals surface area (Å²) in [6, 6.07) is 0. The maximum atomic E-state index is 12.0. The number of rotatable bonds is 5. The minimum atomic E-state index is -0.953. The maximum absolute atomic E-state index is 12.0. The molecule has 0 aromatic carbocycles. The molecule has 4 nitrogen and oxygen atoms in total. The quantitative estimate of drug-likeness (QED) is 0.583. The Morgan fingerprint density at radius 1 is 1.19 bits per heavy atom. The molecule has 1 aromatic heterocycles. The number of allylic oxidation sites excluding steroid dienone is 2. The molecule has 0 saturated carbocycles. The van der Waals surface area contributed by atoms with Crippen LogP contribution in [0.25, 0.3) is 6.08 Å². The largest absolute Gasteiger partial charge is 0.469 e. The Morgan fingerprint density at radius 3 is 2.38 bits per heavy atom. The summed E-state index contributed by atoms with van der Waals surface area (Å²) in [5.41, 5.74) is 8.99. The van der Waals surface area contributed by atoms with Crippen LogP contribution < -0.4 is 0 Å². The van der Waals surface area contributed by atoms with E-state index in [-0.39, 0.29) is 5.97 Å². The normalized spacial score (nSPS) is 17.7. The van der Waals surface area contributed by atoms with E-state index in [4.69, 9.17) is 4.74 Å².